The van der Waals surface area contributed by atoms with Crippen molar-refractivity contribution in [2.75, 3.05) is 13.1 Å². The molecule has 1 saturated carbocycles. The summed E-state index contributed by atoms with van der Waals surface area (Å²) in [6.07, 6.45) is 2.36. The van der Waals surface area contributed by atoms with Crippen LogP contribution in [0.2, 0.25) is 0 Å². The number of alkyl carbamates (subject to hydrolysis) is 2. The normalized spacial score (nSPS) is 18.8. The van der Waals surface area contributed by atoms with Crippen LogP contribution in [0.1, 0.15) is 80.1 Å². The zero-order valence-corrected chi connectivity index (χ0v) is 20.3. The molecule has 4 N–H and O–H groups in total. The number of nitrogens with one attached hydrogen (secondary N) is 4. The smallest absolute Gasteiger partial charge is 0.407 e. The van der Waals surface area contributed by atoms with E-state index in [2.05, 4.69) is 21.3 Å². The van der Waals surface area contributed by atoms with Crippen molar-refractivity contribution < 1.29 is 28.7 Å². The van der Waals surface area contributed by atoms with Gasteiger partial charge in [0, 0.05) is 38.0 Å². The third kappa shape index (κ3) is 13.7. The van der Waals surface area contributed by atoms with Crippen LogP contribution >= 0.6 is 0 Å². The van der Waals surface area contributed by atoms with Crippen molar-refractivity contribution in [2.24, 2.45) is 0 Å². The Bertz CT molecular complexity index is 590. The Kier molecular flexibility index (Phi) is 10.7. The van der Waals surface area contributed by atoms with Gasteiger partial charge >= 0.3 is 12.2 Å². The monoisotopic (exact) mass is 456 g/mol. The topological polar surface area (TPSA) is 135 Å². The van der Waals surface area contributed by atoms with Gasteiger partial charge in [0.15, 0.2) is 0 Å². The van der Waals surface area contributed by atoms with Gasteiger partial charge in [-0.2, -0.15) is 0 Å². The van der Waals surface area contributed by atoms with Crippen LogP contribution < -0.4 is 21.3 Å². The molecule has 1 aliphatic rings. The molecule has 10 heteroatoms. The first-order chi connectivity index (χ1) is 14.7. The first kappa shape index (κ1) is 27.5. The molecule has 0 unspecified atom stereocenters. The highest BCUT2D eigenvalue weighted by molar-refractivity contribution is 5.78. The van der Waals surface area contributed by atoms with Gasteiger partial charge in [-0.25, -0.2) is 9.59 Å². The Balaban J connectivity index is 2.16. The van der Waals surface area contributed by atoms with Crippen molar-refractivity contribution in [3.05, 3.63) is 0 Å². The van der Waals surface area contributed by atoms with Gasteiger partial charge in [-0.05, 0) is 67.2 Å². The maximum atomic E-state index is 12.1. The van der Waals surface area contributed by atoms with Crippen LogP contribution in [0.5, 0.6) is 0 Å². The minimum absolute atomic E-state index is 0.0611. The Morgan fingerprint density at radius 3 is 1.25 bits per heavy atom. The second-order valence-corrected chi connectivity index (χ2v) is 10.0. The van der Waals surface area contributed by atoms with Crippen molar-refractivity contribution in [2.45, 2.75) is 103 Å². The zero-order valence-electron chi connectivity index (χ0n) is 20.3. The van der Waals surface area contributed by atoms with Gasteiger partial charge in [0.05, 0.1) is 0 Å². The molecule has 32 heavy (non-hydrogen) atoms. The second kappa shape index (κ2) is 12.5. The van der Waals surface area contributed by atoms with Crippen LogP contribution in [0.15, 0.2) is 0 Å². The van der Waals surface area contributed by atoms with E-state index in [1.165, 1.54) is 0 Å². The fourth-order valence-corrected chi connectivity index (χ4v) is 3.17. The number of amides is 4. The number of hydrogen-bond acceptors (Lipinski definition) is 6. The van der Waals surface area contributed by atoms with Crippen molar-refractivity contribution in [3.8, 4) is 0 Å². The van der Waals surface area contributed by atoms with Gasteiger partial charge in [0.25, 0.3) is 0 Å². The van der Waals surface area contributed by atoms with E-state index in [1.54, 1.807) is 41.5 Å². The third-order valence-corrected chi connectivity index (χ3v) is 4.50. The number of carbonyl (C=O) groups is 4. The SMILES string of the molecule is CC(C)(C)OC(=O)NCCC(=O)NC1CCC(NC(=O)CCNC(=O)OC(C)(C)C)CC1. The van der Waals surface area contributed by atoms with Crippen molar-refractivity contribution in [1.82, 2.24) is 21.3 Å². The Hall–Kier alpha value is -2.52. The molecule has 10 nitrogen and oxygen atoms in total. The summed E-state index contributed by atoms with van der Waals surface area (Å²) in [6, 6.07) is 0.122. The fourth-order valence-electron chi connectivity index (χ4n) is 3.17. The molecule has 0 aromatic heterocycles. The van der Waals surface area contributed by atoms with Crippen molar-refractivity contribution >= 4 is 24.0 Å². The van der Waals surface area contributed by atoms with Gasteiger partial charge in [0.2, 0.25) is 11.8 Å². The quantitative estimate of drug-likeness (QED) is 0.443. The molecule has 0 aliphatic heterocycles. The lowest BCUT2D eigenvalue weighted by atomic mass is 9.91. The predicted octanol–water partition coefficient (Wildman–Crippen LogP) is 2.36. The molecule has 0 bridgehead atoms. The Labute approximate surface area is 190 Å². The zero-order chi connectivity index (χ0) is 24.4. The molecule has 0 aromatic carbocycles. The minimum atomic E-state index is -0.574. The summed E-state index contributed by atoms with van der Waals surface area (Å²) < 4.78 is 10.3. The molecule has 0 atom stereocenters. The lowest BCUT2D eigenvalue weighted by Crippen LogP contribution is -2.45. The molecular weight excluding hydrogens is 416 g/mol. The molecule has 0 radical (unpaired) electrons. The summed E-state index contributed by atoms with van der Waals surface area (Å²) in [7, 11) is 0. The standard InChI is InChI=1S/C22H40N4O6/c1-21(2,3)31-19(29)23-13-11-17(27)25-15-7-9-16(10-8-15)26-18(28)12-14-24-20(30)32-22(4,5)6/h15-16H,7-14H2,1-6H3,(H,23,29)(H,24,30)(H,25,27)(H,26,28). The molecule has 0 aromatic rings. The average Bonchev–Trinajstić information content (AvgIpc) is 2.60. The number of ether oxygens (including phenoxy) is 2. The average molecular weight is 457 g/mol. The Morgan fingerprint density at radius 2 is 0.969 bits per heavy atom. The van der Waals surface area contributed by atoms with Gasteiger partial charge in [-0.1, -0.05) is 0 Å². The first-order valence-electron chi connectivity index (χ1n) is 11.3. The Morgan fingerprint density at radius 1 is 0.656 bits per heavy atom. The van der Waals surface area contributed by atoms with Crippen LogP contribution in [0.3, 0.4) is 0 Å². The van der Waals surface area contributed by atoms with Gasteiger partial charge < -0.3 is 30.7 Å². The predicted molar refractivity (Wildman–Crippen MR) is 120 cm³/mol. The highest BCUT2D eigenvalue weighted by atomic mass is 16.6. The molecule has 0 spiro atoms. The van der Waals surface area contributed by atoms with E-state index >= 15 is 0 Å². The molecular formula is C22H40N4O6. The highest BCUT2D eigenvalue weighted by Gasteiger charge is 2.24. The summed E-state index contributed by atoms with van der Waals surface area (Å²) in [5.74, 6) is -0.247. The van der Waals surface area contributed by atoms with Gasteiger partial charge in [0.1, 0.15) is 11.2 Å². The third-order valence-electron chi connectivity index (χ3n) is 4.50. The summed E-state index contributed by atoms with van der Waals surface area (Å²) in [4.78, 5) is 47.3. The molecule has 1 aliphatic carbocycles. The number of rotatable bonds is 8. The van der Waals surface area contributed by atoms with E-state index in [4.69, 9.17) is 9.47 Å². The lowest BCUT2D eigenvalue weighted by molar-refractivity contribution is -0.123. The molecule has 0 saturated heterocycles. The summed E-state index contributed by atoms with van der Waals surface area (Å²) in [5.41, 5.74) is -1.15. The van der Waals surface area contributed by atoms with E-state index in [-0.39, 0.29) is 49.8 Å². The molecule has 1 fully saturated rings. The van der Waals surface area contributed by atoms with Crippen LogP contribution in [0.4, 0.5) is 9.59 Å². The summed E-state index contributed by atoms with van der Waals surface area (Å²) >= 11 is 0. The molecule has 4 amide bonds. The molecule has 1 rings (SSSR count). The molecule has 184 valence electrons. The summed E-state index contributed by atoms with van der Waals surface area (Å²) in [5, 5.41) is 11.1. The van der Waals surface area contributed by atoms with E-state index in [9.17, 15) is 19.2 Å². The largest absolute Gasteiger partial charge is 0.444 e. The fraction of sp³-hybridized carbons (Fsp3) is 0.818. The minimum Gasteiger partial charge on any atom is -0.444 e. The van der Waals surface area contributed by atoms with Gasteiger partial charge in [-0.3, -0.25) is 9.59 Å². The van der Waals surface area contributed by atoms with E-state index in [1.807, 2.05) is 0 Å². The van der Waals surface area contributed by atoms with Crippen LogP contribution in [-0.4, -0.2) is 60.4 Å². The van der Waals surface area contributed by atoms with E-state index in [0.717, 1.165) is 25.7 Å². The van der Waals surface area contributed by atoms with Crippen molar-refractivity contribution in [1.29, 1.82) is 0 Å². The maximum absolute atomic E-state index is 12.1. The maximum Gasteiger partial charge on any atom is 0.407 e. The van der Waals surface area contributed by atoms with Crippen LogP contribution in [0, 0.1) is 0 Å². The van der Waals surface area contributed by atoms with Crippen LogP contribution in [-0.2, 0) is 19.1 Å². The summed E-state index contributed by atoms with van der Waals surface area (Å²) in [6.45, 7) is 11.1. The number of carbonyl (C=O) groups excluding carboxylic acids is 4. The van der Waals surface area contributed by atoms with E-state index < -0.39 is 23.4 Å². The van der Waals surface area contributed by atoms with E-state index in [0.29, 0.717) is 0 Å². The second-order valence-electron chi connectivity index (χ2n) is 10.0. The van der Waals surface area contributed by atoms with Crippen molar-refractivity contribution in [3.63, 3.8) is 0 Å². The highest BCUT2D eigenvalue weighted by Crippen LogP contribution is 2.19. The molecule has 0 heterocycles. The lowest BCUT2D eigenvalue weighted by Gasteiger charge is -2.29. The van der Waals surface area contributed by atoms with Gasteiger partial charge in [-0.15, -0.1) is 0 Å². The first-order valence-corrected chi connectivity index (χ1v) is 11.3. The van der Waals surface area contributed by atoms with Crippen LogP contribution in [0.25, 0.3) is 0 Å². The number of hydrogen-bond donors (Lipinski definition) is 4.